The summed E-state index contributed by atoms with van der Waals surface area (Å²) >= 11 is 1.32. The highest BCUT2D eigenvalue weighted by atomic mass is 32.2. The number of rotatable bonds is 10. The van der Waals surface area contributed by atoms with Gasteiger partial charge in [-0.1, -0.05) is 6.42 Å². The van der Waals surface area contributed by atoms with Crippen LogP contribution in [0.1, 0.15) is 58.1 Å². The molecule has 0 radical (unpaired) electrons. The molecule has 1 amide bonds. The molecule has 1 aliphatic heterocycles. The average Bonchev–Trinajstić information content (AvgIpc) is 3.69. The van der Waals surface area contributed by atoms with Crippen molar-refractivity contribution >= 4 is 33.0 Å². The van der Waals surface area contributed by atoms with Gasteiger partial charge in [-0.15, -0.1) is 11.3 Å². The van der Waals surface area contributed by atoms with Crippen LogP contribution in [-0.4, -0.2) is 77.2 Å². The van der Waals surface area contributed by atoms with E-state index in [2.05, 4.69) is 41.9 Å². The Morgan fingerprint density at radius 1 is 1.15 bits per heavy atom. The molecule has 0 unspecified atom stereocenters. The summed E-state index contributed by atoms with van der Waals surface area (Å²) in [6.45, 7) is 4.25. The minimum atomic E-state index is -3.12. The Kier molecular flexibility index (Phi) is 10.2. The van der Waals surface area contributed by atoms with E-state index in [4.69, 9.17) is 4.74 Å². The minimum absolute atomic E-state index is 0. The number of nitrogens with zero attached hydrogens (tertiary/aromatic N) is 5. The third-order valence-corrected chi connectivity index (χ3v) is 9.33. The van der Waals surface area contributed by atoms with Crippen LogP contribution in [0.3, 0.4) is 0 Å². The van der Waals surface area contributed by atoms with Gasteiger partial charge in [-0.2, -0.15) is 0 Å². The predicted molar refractivity (Wildman–Crippen MR) is 156 cm³/mol. The van der Waals surface area contributed by atoms with Crippen LogP contribution in [0.25, 0.3) is 10.6 Å². The van der Waals surface area contributed by atoms with E-state index in [-0.39, 0.29) is 14.0 Å². The quantitative estimate of drug-likeness (QED) is 0.365. The summed E-state index contributed by atoms with van der Waals surface area (Å²) in [5.74, 6) is 0.342. The van der Waals surface area contributed by atoms with Gasteiger partial charge < -0.3 is 15.0 Å². The van der Waals surface area contributed by atoms with E-state index in [0.29, 0.717) is 41.5 Å². The summed E-state index contributed by atoms with van der Waals surface area (Å²) in [5, 5.41) is 3.25. The van der Waals surface area contributed by atoms with E-state index in [1.165, 1.54) is 30.6 Å². The van der Waals surface area contributed by atoms with Gasteiger partial charge >= 0.3 is 0 Å². The monoisotopic (exact) mass is 577 g/mol. The number of sulfonamides is 1. The molecular formula is C26H39N7O4S2. The van der Waals surface area contributed by atoms with Gasteiger partial charge in [-0.25, -0.2) is 18.4 Å². The fraction of sp³-hybridized carbons (Fsp3) is 0.500. The predicted octanol–water partition coefficient (Wildman–Crippen LogP) is 4.08. The van der Waals surface area contributed by atoms with Gasteiger partial charge in [0.15, 0.2) is 5.01 Å². The zero-order chi connectivity index (χ0) is 27.7. The van der Waals surface area contributed by atoms with Crippen LogP contribution in [0.4, 0.5) is 5.69 Å². The Morgan fingerprint density at radius 2 is 1.95 bits per heavy atom. The van der Waals surface area contributed by atoms with Crippen molar-refractivity contribution in [1.29, 1.82) is 0 Å². The largest absolute Gasteiger partial charge is 0.477 e. The molecule has 1 saturated carbocycles. The SMILES string of the molecule is CCOc1cncc(-c2cnc(C(=O)NCC[C@H]3CCCCN3C)s2)n1.O=S(=O)(Nc1ccncc1)C1CC1.[HH].[HH]. The van der Waals surface area contributed by atoms with E-state index >= 15 is 0 Å². The number of thiazole rings is 1. The highest BCUT2D eigenvalue weighted by molar-refractivity contribution is 7.93. The van der Waals surface area contributed by atoms with Gasteiger partial charge in [-0.05, 0) is 64.8 Å². The third-order valence-electron chi connectivity index (χ3n) is 6.45. The number of piperidine rings is 1. The first-order valence-electron chi connectivity index (χ1n) is 13.2. The normalized spacial score (nSPS) is 17.5. The van der Waals surface area contributed by atoms with Crippen molar-refractivity contribution in [2.24, 2.45) is 0 Å². The number of aromatic nitrogens is 4. The number of likely N-dealkylation sites (tertiary alicyclic amines) is 1. The minimum Gasteiger partial charge on any atom is -0.477 e. The van der Waals surface area contributed by atoms with E-state index in [1.54, 1.807) is 43.1 Å². The highest BCUT2D eigenvalue weighted by Crippen LogP contribution is 2.29. The molecule has 11 nitrogen and oxygen atoms in total. The molecule has 3 aromatic rings. The van der Waals surface area contributed by atoms with Crippen LogP contribution in [0.15, 0.2) is 43.1 Å². The zero-order valence-corrected chi connectivity index (χ0v) is 23.9. The van der Waals surface area contributed by atoms with Crippen LogP contribution in [0.5, 0.6) is 5.88 Å². The Balaban J connectivity index is 0.000000331. The van der Waals surface area contributed by atoms with Crippen LogP contribution in [0.2, 0.25) is 0 Å². The van der Waals surface area contributed by atoms with Crippen LogP contribution in [-0.2, 0) is 10.0 Å². The van der Waals surface area contributed by atoms with Crippen LogP contribution < -0.4 is 14.8 Å². The Hall–Kier alpha value is -3.16. The van der Waals surface area contributed by atoms with E-state index in [0.717, 1.165) is 30.7 Å². The summed E-state index contributed by atoms with van der Waals surface area (Å²) in [6, 6.07) is 3.84. The highest BCUT2D eigenvalue weighted by Gasteiger charge is 2.35. The molecule has 2 aliphatic rings. The summed E-state index contributed by atoms with van der Waals surface area (Å²) in [5.41, 5.74) is 1.25. The first-order valence-corrected chi connectivity index (χ1v) is 15.5. The molecule has 1 atom stereocenters. The molecular weight excluding hydrogens is 538 g/mol. The standard InChI is InChI=1S/C18H25N5O2S.C8H10N2O2S.2H2/c1-3-25-16-12-19-10-14(22-16)15-11-21-18(26-15)17(24)20-8-7-13-6-4-5-9-23(13)2;11-13(12,8-1-2-8)10-7-3-5-9-6-4-7;;/h10-13H,3-9H2,1-2H3,(H,20,24);3-6,8H,1-2H2,(H,9,10);2*1H/t13-;;;/m1.../s1. The second kappa shape index (κ2) is 13.8. The lowest BCUT2D eigenvalue weighted by Gasteiger charge is -2.32. The molecule has 0 bridgehead atoms. The number of hydrogen-bond donors (Lipinski definition) is 2. The number of pyridine rings is 1. The van der Waals surface area contributed by atoms with Gasteiger partial charge in [0.2, 0.25) is 15.9 Å². The van der Waals surface area contributed by atoms with Gasteiger partial charge in [-0.3, -0.25) is 19.5 Å². The van der Waals surface area contributed by atoms with Crippen LogP contribution >= 0.6 is 11.3 Å². The fourth-order valence-corrected chi connectivity index (χ4v) is 6.34. The number of anilines is 1. The smallest absolute Gasteiger partial charge is 0.280 e. The number of carbonyl (C=O) groups is 1. The van der Waals surface area contributed by atoms with Gasteiger partial charge in [0, 0.05) is 34.0 Å². The van der Waals surface area contributed by atoms with Gasteiger partial charge in [0.1, 0.15) is 5.69 Å². The first-order chi connectivity index (χ1) is 18.9. The van der Waals surface area contributed by atoms with Crippen molar-refractivity contribution in [2.45, 2.75) is 56.7 Å². The lowest BCUT2D eigenvalue weighted by atomic mass is 10.0. The van der Waals surface area contributed by atoms with Crippen molar-refractivity contribution in [2.75, 3.05) is 31.5 Å². The summed E-state index contributed by atoms with van der Waals surface area (Å²) in [6.07, 6.45) is 14.3. The maximum atomic E-state index is 12.3. The molecule has 2 fully saturated rings. The Bertz CT molecular complexity index is 1330. The molecule has 0 aromatic carbocycles. The van der Waals surface area contributed by atoms with Crippen molar-refractivity contribution < 1.29 is 20.8 Å². The van der Waals surface area contributed by atoms with Crippen molar-refractivity contribution in [3.8, 4) is 16.5 Å². The lowest BCUT2D eigenvalue weighted by molar-refractivity contribution is 0.0945. The number of amides is 1. The molecule has 2 N–H and O–H groups in total. The number of carbonyl (C=O) groups excluding carboxylic acids is 1. The number of hydrogen-bond acceptors (Lipinski definition) is 10. The van der Waals surface area contributed by atoms with E-state index in [1.807, 2.05) is 6.92 Å². The topological polar surface area (TPSA) is 139 Å². The number of ether oxygens (including phenoxy) is 1. The van der Waals surface area contributed by atoms with E-state index in [9.17, 15) is 13.2 Å². The van der Waals surface area contributed by atoms with Crippen LogP contribution in [0, 0.1) is 0 Å². The molecule has 214 valence electrons. The molecule has 39 heavy (non-hydrogen) atoms. The maximum Gasteiger partial charge on any atom is 0.280 e. The lowest BCUT2D eigenvalue weighted by Crippen LogP contribution is -2.39. The summed E-state index contributed by atoms with van der Waals surface area (Å²) in [4.78, 5) is 32.1. The van der Waals surface area contributed by atoms with Crippen molar-refractivity contribution in [3.63, 3.8) is 0 Å². The molecule has 1 aliphatic carbocycles. The van der Waals surface area contributed by atoms with Gasteiger partial charge in [0.05, 0.1) is 34.8 Å². The fourth-order valence-electron chi connectivity index (χ4n) is 4.16. The summed E-state index contributed by atoms with van der Waals surface area (Å²) < 4.78 is 30.7. The first kappa shape index (κ1) is 28.8. The molecule has 13 heteroatoms. The zero-order valence-electron chi connectivity index (χ0n) is 22.2. The average molecular weight is 578 g/mol. The van der Waals surface area contributed by atoms with Gasteiger partial charge in [0.25, 0.3) is 5.91 Å². The molecule has 1 saturated heterocycles. The second-order valence-electron chi connectivity index (χ2n) is 9.46. The van der Waals surface area contributed by atoms with E-state index < -0.39 is 10.0 Å². The van der Waals surface area contributed by atoms with Crippen molar-refractivity contribution in [3.05, 3.63) is 48.1 Å². The Labute approximate surface area is 236 Å². The molecule has 0 spiro atoms. The summed E-state index contributed by atoms with van der Waals surface area (Å²) in [7, 11) is -0.955. The number of nitrogens with one attached hydrogen (secondary N) is 2. The Morgan fingerprint density at radius 3 is 2.67 bits per heavy atom. The second-order valence-corrected chi connectivity index (χ2v) is 12.5. The van der Waals surface area contributed by atoms with Crippen molar-refractivity contribution in [1.82, 2.24) is 30.2 Å². The molecule has 5 rings (SSSR count). The molecule has 4 heterocycles. The third kappa shape index (κ3) is 8.67. The molecule has 3 aromatic heterocycles. The maximum absolute atomic E-state index is 12.3.